The fourth-order valence-electron chi connectivity index (χ4n) is 0.559. The maximum Gasteiger partial charge on any atom is 0.00264 e. The molecular weight excluding hydrogens is 142 g/mol. The zero-order valence-corrected chi connectivity index (χ0v) is 7.61. The highest BCUT2D eigenvalue weighted by Gasteiger charge is 1.98. The third-order valence-corrected chi connectivity index (χ3v) is 2.04. The Morgan fingerprint density at radius 3 is 2.40 bits per heavy atom. The lowest BCUT2D eigenvalue weighted by atomic mass is 10.2. The third-order valence-electron chi connectivity index (χ3n) is 1.16. The van der Waals surface area contributed by atoms with E-state index in [4.69, 9.17) is 5.14 Å². The Balaban J connectivity index is 4.04. The Hall–Kier alpha value is -0.210. The van der Waals surface area contributed by atoms with Gasteiger partial charge in [0.15, 0.2) is 0 Å². The number of allylic oxidation sites excluding steroid dienone is 4. The molecule has 0 aromatic carbocycles. The topological polar surface area (TPSA) is 26.0 Å². The zero-order chi connectivity index (χ0) is 7.98. The average molecular weight is 157 g/mol. The van der Waals surface area contributed by atoms with Gasteiger partial charge in [-0.15, -0.1) is 0 Å². The van der Waals surface area contributed by atoms with E-state index in [1.165, 1.54) is 16.9 Å². The van der Waals surface area contributed by atoms with E-state index in [0.29, 0.717) is 5.92 Å². The van der Waals surface area contributed by atoms with Crippen LogP contribution in [0.4, 0.5) is 0 Å². The highest BCUT2D eigenvalue weighted by atomic mass is 32.2. The predicted octanol–water partition coefficient (Wildman–Crippen LogP) is 2.71. The van der Waals surface area contributed by atoms with Gasteiger partial charge in [0.25, 0.3) is 0 Å². The van der Waals surface area contributed by atoms with Crippen molar-refractivity contribution in [2.45, 2.75) is 20.8 Å². The van der Waals surface area contributed by atoms with Crippen LogP contribution in [0.15, 0.2) is 23.1 Å². The molecule has 0 radical (unpaired) electrons. The van der Waals surface area contributed by atoms with Crippen molar-refractivity contribution >= 4 is 11.9 Å². The van der Waals surface area contributed by atoms with E-state index in [1.807, 2.05) is 19.1 Å². The first-order chi connectivity index (χ1) is 4.72. The first kappa shape index (κ1) is 9.79. The van der Waals surface area contributed by atoms with Crippen LogP contribution >= 0.6 is 11.9 Å². The van der Waals surface area contributed by atoms with Crippen LogP contribution < -0.4 is 5.14 Å². The highest BCUT2D eigenvalue weighted by Crippen LogP contribution is 2.18. The number of hydrogen-bond acceptors (Lipinski definition) is 2. The second kappa shape index (κ2) is 5.57. The second-order valence-electron chi connectivity index (χ2n) is 2.37. The molecule has 10 heavy (non-hydrogen) atoms. The lowest BCUT2D eigenvalue weighted by molar-refractivity contribution is 0.817. The van der Waals surface area contributed by atoms with Gasteiger partial charge in [-0.2, -0.15) is 0 Å². The molecule has 0 atom stereocenters. The molecule has 2 N–H and O–H groups in total. The van der Waals surface area contributed by atoms with Gasteiger partial charge in [0.1, 0.15) is 0 Å². The normalized spacial score (nSPS) is 13.5. The molecule has 0 amide bonds. The van der Waals surface area contributed by atoms with Crippen LogP contribution in [-0.4, -0.2) is 0 Å². The average Bonchev–Trinajstić information content (AvgIpc) is 1.89. The first-order valence-electron chi connectivity index (χ1n) is 3.42. The maximum absolute atomic E-state index is 5.43. The van der Waals surface area contributed by atoms with Crippen LogP contribution in [0.1, 0.15) is 20.8 Å². The van der Waals surface area contributed by atoms with Crippen molar-refractivity contribution in [1.29, 1.82) is 0 Å². The summed E-state index contributed by atoms with van der Waals surface area (Å²) in [6, 6.07) is 0. The summed E-state index contributed by atoms with van der Waals surface area (Å²) in [4.78, 5) is 1.22. The van der Waals surface area contributed by atoms with Crippen LogP contribution in [0.25, 0.3) is 0 Å². The molecule has 0 aromatic heterocycles. The summed E-state index contributed by atoms with van der Waals surface area (Å²) in [6.07, 6.45) is 6.06. The van der Waals surface area contributed by atoms with Crippen LogP contribution in [-0.2, 0) is 0 Å². The van der Waals surface area contributed by atoms with Gasteiger partial charge in [-0.3, -0.25) is 5.14 Å². The summed E-state index contributed by atoms with van der Waals surface area (Å²) in [6.45, 7) is 6.26. The molecule has 2 heteroatoms. The third kappa shape index (κ3) is 3.75. The fraction of sp³-hybridized carbons (Fsp3) is 0.500. The van der Waals surface area contributed by atoms with E-state index in [0.717, 1.165) is 0 Å². The Bertz CT molecular complexity index is 136. The Kier molecular flexibility index (Phi) is 5.45. The zero-order valence-electron chi connectivity index (χ0n) is 6.79. The molecule has 0 rings (SSSR count). The molecule has 0 aromatic rings. The molecular formula is C8H15NS. The SMILES string of the molecule is C/C=C\C=C(/SN)C(C)C. The van der Waals surface area contributed by atoms with Crippen molar-refractivity contribution < 1.29 is 0 Å². The Morgan fingerprint density at radius 2 is 2.10 bits per heavy atom. The Labute approximate surface area is 67.5 Å². The van der Waals surface area contributed by atoms with E-state index >= 15 is 0 Å². The summed E-state index contributed by atoms with van der Waals surface area (Å²) >= 11 is 1.33. The summed E-state index contributed by atoms with van der Waals surface area (Å²) in [5.74, 6) is 0.534. The standard InChI is InChI=1S/C8H15NS/c1-4-5-6-8(10-9)7(2)3/h4-7H,9H2,1-3H3/b5-4-,8-6-. The maximum atomic E-state index is 5.43. The second-order valence-corrected chi connectivity index (χ2v) is 3.07. The molecule has 0 spiro atoms. The van der Waals surface area contributed by atoms with E-state index in [1.54, 1.807) is 0 Å². The van der Waals surface area contributed by atoms with Crippen molar-refractivity contribution in [1.82, 2.24) is 0 Å². The smallest absolute Gasteiger partial charge is 0.00264 e. The molecule has 58 valence electrons. The van der Waals surface area contributed by atoms with Gasteiger partial charge < -0.3 is 0 Å². The molecule has 0 unspecified atom stereocenters. The number of rotatable bonds is 3. The molecule has 0 heterocycles. The molecule has 1 nitrogen and oxygen atoms in total. The Morgan fingerprint density at radius 1 is 1.50 bits per heavy atom. The minimum Gasteiger partial charge on any atom is -0.274 e. The van der Waals surface area contributed by atoms with Gasteiger partial charge in [0, 0.05) is 4.91 Å². The first-order valence-corrected chi connectivity index (χ1v) is 4.30. The van der Waals surface area contributed by atoms with Gasteiger partial charge in [-0.25, -0.2) is 0 Å². The molecule has 0 saturated heterocycles. The van der Waals surface area contributed by atoms with Gasteiger partial charge in [0.05, 0.1) is 0 Å². The summed E-state index contributed by atoms with van der Waals surface area (Å²) in [7, 11) is 0. The summed E-state index contributed by atoms with van der Waals surface area (Å²) in [5, 5.41) is 5.43. The van der Waals surface area contributed by atoms with Gasteiger partial charge in [-0.1, -0.05) is 44.0 Å². The van der Waals surface area contributed by atoms with Crippen molar-refractivity contribution in [2.75, 3.05) is 0 Å². The molecule has 0 fully saturated rings. The molecule has 0 bridgehead atoms. The van der Waals surface area contributed by atoms with Gasteiger partial charge in [0.2, 0.25) is 0 Å². The summed E-state index contributed by atoms with van der Waals surface area (Å²) < 4.78 is 0. The fourth-order valence-corrected chi connectivity index (χ4v) is 0.988. The van der Waals surface area contributed by atoms with E-state index < -0.39 is 0 Å². The van der Waals surface area contributed by atoms with Crippen molar-refractivity contribution in [2.24, 2.45) is 11.1 Å². The lowest BCUT2D eigenvalue weighted by Crippen LogP contribution is -1.92. The lowest BCUT2D eigenvalue weighted by Gasteiger charge is -2.04. The molecule has 0 aliphatic heterocycles. The van der Waals surface area contributed by atoms with Crippen molar-refractivity contribution in [3.05, 3.63) is 23.1 Å². The van der Waals surface area contributed by atoms with E-state index in [2.05, 4.69) is 19.9 Å². The van der Waals surface area contributed by atoms with Crippen molar-refractivity contribution in [3.63, 3.8) is 0 Å². The number of nitrogens with two attached hydrogens (primary N) is 1. The predicted molar refractivity (Wildman–Crippen MR) is 49.5 cm³/mol. The highest BCUT2D eigenvalue weighted by molar-refractivity contribution is 8.00. The van der Waals surface area contributed by atoms with E-state index in [-0.39, 0.29) is 0 Å². The van der Waals surface area contributed by atoms with Crippen LogP contribution in [0, 0.1) is 5.92 Å². The number of hydrogen-bond donors (Lipinski definition) is 1. The quantitative estimate of drug-likeness (QED) is 0.503. The molecule has 0 saturated carbocycles. The van der Waals surface area contributed by atoms with E-state index in [9.17, 15) is 0 Å². The minimum atomic E-state index is 0.534. The van der Waals surface area contributed by atoms with Crippen LogP contribution in [0.2, 0.25) is 0 Å². The summed E-state index contributed by atoms with van der Waals surface area (Å²) in [5.41, 5.74) is 0. The van der Waals surface area contributed by atoms with Crippen molar-refractivity contribution in [3.8, 4) is 0 Å². The van der Waals surface area contributed by atoms with Crippen LogP contribution in [0.3, 0.4) is 0 Å². The monoisotopic (exact) mass is 157 g/mol. The largest absolute Gasteiger partial charge is 0.274 e. The van der Waals surface area contributed by atoms with Gasteiger partial charge >= 0.3 is 0 Å². The van der Waals surface area contributed by atoms with Gasteiger partial charge in [-0.05, 0) is 12.8 Å². The minimum absolute atomic E-state index is 0.534. The van der Waals surface area contributed by atoms with Crippen LogP contribution in [0.5, 0.6) is 0 Å². The molecule has 0 aliphatic rings. The molecule has 0 aliphatic carbocycles.